The van der Waals surface area contributed by atoms with Crippen LogP contribution in [0.1, 0.15) is 5.48 Å². The molecule has 8 rings (SSSR count). The molecule has 0 spiro atoms. The summed E-state index contributed by atoms with van der Waals surface area (Å²) in [5.74, 6) is 0. The molecule has 0 bridgehead atoms. The van der Waals surface area contributed by atoms with Gasteiger partial charge in [-0.05, 0) is 82.5 Å². The topological polar surface area (TPSA) is 17.8 Å². The molecule has 2 heterocycles. The molecule has 2 aromatic heterocycles. The Labute approximate surface area is 245 Å². The zero-order valence-corrected chi connectivity index (χ0v) is 22.8. The van der Waals surface area contributed by atoms with Gasteiger partial charge in [-0.25, -0.2) is 4.98 Å². The molecule has 8 aromatic rings. The van der Waals surface area contributed by atoms with Crippen molar-refractivity contribution >= 4 is 59.4 Å². The molecular weight excluding hydrogens is 552 g/mol. The van der Waals surface area contributed by atoms with E-state index in [-0.39, 0.29) is 34.2 Å². The smallest absolute Gasteiger partial charge is 0.0715 e. The SMILES string of the molecule is [2H]c1c([2H])c(-c2cc(-c3ccc4c(c3)c3cc5ccccc5cc3n4-c3ccccc3)c3ccccc3n2)c([2H])c([2H])c1Br. The van der Waals surface area contributed by atoms with E-state index >= 15 is 0 Å². The van der Waals surface area contributed by atoms with Gasteiger partial charge in [-0.2, -0.15) is 0 Å². The summed E-state index contributed by atoms with van der Waals surface area (Å²) in [6.07, 6.45) is 0. The first-order valence-corrected chi connectivity index (χ1v) is 13.9. The minimum Gasteiger partial charge on any atom is -0.309 e. The molecule has 0 amide bonds. The quantitative estimate of drug-likeness (QED) is 0.204. The molecule has 0 aliphatic heterocycles. The van der Waals surface area contributed by atoms with E-state index in [0.29, 0.717) is 5.69 Å². The fraction of sp³-hybridized carbons (Fsp3) is 0. The van der Waals surface area contributed by atoms with Crippen LogP contribution in [0.5, 0.6) is 0 Å². The minimum absolute atomic E-state index is 0.125. The van der Waals surface area contributed by atoms with Gasteiger partial charge in [-0.15, -0.1) is 0 Å². The summed E-state index contributed by atoms with van der Waals surface area (Å²) < 4.78 is 36.6. The zero-order valence-electron chi connectivity index (χ0n) is 25.2. The van der Waals surface area contributed by atoms with Crippen molar-refractivity contribution in [2.75, 3.05) is 0 Å². The highest BCUT2D eigenvalue weighted by Crippen LogP contribution is 2.39. The van der Waals surface area contributed by atoms with Crippen LogP contribution in [-0.4, -0.2) is 9.55 Å². The van der Waals surface area contributed by atoms with Gasteiger partial charge >= 0.3 is 0 Å². The Morgan fingerprint density at radius 1 is 0.575 bits per heavy atom. The number of rotatable bonds is 3. The monoisotopic (exact) mass is 578 g/mol. The highest BCUT2D eigenvalue weighted by molar-refractivity contribution is 9.10. The van der Waals surface area contributed by atoms with Crippen LogP contribution in [0.4, 0.5) is 0 Å². The van der Waals surface area contributed by atoms with E-state index in [1.807, 2.05) is 36.4 Å². The van der Waals surface area contributed by atoms with Crippen molar-refractivity contribution in [2.24, 2.45) is 0 Å². The van der Waals surface area contributed by atoms with Gasteiger partial charge in [0.05, 0.1) is 27.7 Å². The van der Waals surface area contributed by atoms with Gasteiger partial charge in [0.15, 0.2) is 0 Å². The molecule has 0 fully saturated rings. The summed E-state index contributed by atoms with van der Waals surface area (Å²) in [6, 6.07) is 39.1. The van der Waals surface area contributed by atoms with Crippen LogP contribution in [0.25, 0.3) is 71.6 Å². The molecule has 40 heavy (non-hydrogen) atoms. The van der Waals surface area contributed by atoms with E-state index in [9.17, 15) is 0 Å². The van der Waals surface area contributed by atoms with Crippen molar-refractivity contribution in [3.05, 3.63) is 144 Å². The Morgan fingerprint density at radius 2 is 1.27 bits per heavy atom. The van der Waals surface area contributed by atoms with Crippen LogP contribution in [0.3, 0.4) is 0 Å². The summed E-state index contributed by atoms with van der Waals surface area (Å²) >= 11 is 3.22. The standard InChI is InChI=1S/C37H23BrN2/c38-28-17-14-24(15-18-28)35-23-31(30-12-6-7-13-34(30)39-35)27-16-19-36-32(21-27)33-20-25-8-4-5-9-26(25)22-37(33)40(36)29-10-2-1-3-11-29/h1-23H/i14D,15D,17D,18D. The van der Waals surface area contributed by atoms with Gasteiger partial charge in [0, 0.05) is 31.9 Å². The average Bonchev–Trinajstić information content (AvgIpc) is 3.38. The maximum Gasteiger partial charge on any atom is 0.0715 e. The highest BCUT2D eigenvalue weighted by Gasteiger charge is 2.16. The lowest BCUT2D eigenvalue weighted by molar-refractivity contribution is 1.18. The summed E-state index contributed by atoms with van der Waals surface area (Å²) in [5.41, 5.74) is 6.50. The number of hydrogen-bond donors (Lipinski definition) is 0. The van der Waals surface area contributed by atoms with Gasteiger partial charge in [0.25, 0.3) is 0 Å². The third-order valence-electron chi connectivity index (χ3n) is 7.52. The second kappa shape index (κ2) is 9.18. The lowest BCUT2D eigenvalue weighted by Crippen LogP contribution is -1.93. The molecule has 3 heteroatoms. The highest BCUT2D eigenvalue weighted by atomic mass is 79.9. The molecule has 0 saturated carbocycles. The summed E-state index contributed by atoms with van der Waals surface area (Å²) in [7, 11) is 0. The van der Waals surface area contributed by atoms with Crippen LogP contribution in [0.15, 0.2) is 144 Å². The minimum atomic E-state index is -0.125. The Kier molecular flexibility index (Phi) is 4.44. The van der Waals surface area contributed by atoms with Gasteiger partial charge in [0.1, 0.15) is 0 Å². The number of pyridine rings is 1. The molecule has 2 nitrogen and oxygen atoms in total. The van der Waals surface area contributed by atoms with Crippen molar-refractivity contribution < 1.29 is 5.48 Å². The predicted molar refractivity (Wildman–Crippen MR) is 172 cm³/mol. The van der Waals surface area contributed by atoms with Crippen LogP contribution >= 0.6 is 15.9 Å². The lowest BCUT2D eigenvalue weighted by Gasteiger charge is -2.12. The molecule has 188 valence electrons. The van der Waals surface area contributed by atoms with Crippen molar-refractivity contribution in [3.8, 4) is 28.1 Å². The summed E-state index contributed by atoms with van der Waals surface area (Å²) in [5, 5.41) is 5.56. The van der Waals surface area contributed by atoms with E-state index in [1.54, 1.807) is 0 Å². The number of halogens is 1. The van der Waals surface area contributed by atoms with Gasteiger partial charge in [0.2, 0.25) is 0 Å². The zero-order chi connectivity index (χ0) is 30.1. The first-order valence-electron chi connectivity index (χ1n) is 15.1. The molecule has 0 N–H and O–H groups in total. The van der Waals surface area contributed by atoms with Crippen LogP contribution in [-0.2, 0) is 0 Å². The van der Waals surface area contributed by atoms with Gasteiger partial charge in [-0.3, -0.25) is 0 Å². The van der Waals surface area contributed by atoms with Gasteiger partial charge in [-0.1, -0.05) is 94.7 Å². The predicted octanol–water partition coefficient (Wildman–Crippen LogP) is 10.6. The van der Waals surface area contributed by atoms with Gasteiger partial charge < -0.3 is 4.57 Å². The van der Waals surface area contributed by atoms with Crippen LogP contribution in [0, 0.1) is 0 Å². The maximum absolute atomic E-state index is 8.68. The molecule has 0 atom stereocenters. The molecule has 0 aliphatic carbocycles. The lowest BCUT2D eigenvalue weighted by atomic mass is 9.96. The first-order chi connectivity index (χ1) is 21.4. The Balaban J connectivity index is 1.44. The fourth-order valence-corrected chi connectivity index (χ4v) is 5.89. The van der Waals surface area contributed by atoms with E-state index < -0.39 is 0 Å². The number of nitrogens with zero attached hydrogens (tertiary/aromatic N) is 2. The van der Waals surface area contributed by atoms with Crippen molar-refractivity contribution in [2.45, 2.75) is 0 Å². The van der Waals surface area contributed by atoms with Crippen LogP contribution in [0.2, 0.25) is 0 Å². The second-order valence-electron chi connectivity index (χ2n) is 9.88. The molecule has 0 aliphatic rings. The van der Waals surface area contributed by atoms with E-state index in [0.717, 1.165) is 49.5 Å². The normalized spacial score (nSPS) is 13.0. The molecule has 6 aromatic carbocycles. The average molecular weight is 580 g/mol. The Bertz CT molecular complexity index is 2420. The number of fused-ring (bicyclic) bond motifs is 5. The Hall–Kier alpha value is -4.73. The number of benzene rings is 6. The molecular formula is C37H23BrN2. The van der Waals surface area contributed by atoms with E-state index in [2.05, 4.69) is 99.4 Å². The third kappa shape index (κ3) is 3.74. The summed E-state index contributed by atoms with van der Waals surface area (Å²) in [6.45, 7) is 0. The maximum atomic E-state index is 8.68. The largest absolute Gasteiger partial charge is 0.309 e. The van der Waals surface area contributed by atoms with Crippen molar-refractivity contribution in [3.63, 3.8) is 0 Å². The second-order valence-corrected chi connectivity index (χ2v) is 10.7. The van der Waals surface area contributed by atoms with Crippen molar-refractivity contribution in [1.82, 2.24) is 9.55 Å². The van der Waals surface area contributed by atoms with E-state index in [1.165, 1.54) is 10.8 Å². The van der Waals surface area contributed by atoms with E-state index in [4.69, 9.17) is 10.5 Å². The number of aromatic nitrogens is 2. The number of para-hydroxylation sites is 2. The molecule has 0 saturated heterocycles. The first kappa shape index (κ1) is 19.3. The number of hydrogen-bond acceptors (Lipinski definition) is 1. The Morgan fingerprint density at radius 3 is 2.10 bits per heavy atom. The van der Waals surface area contributed by atoms with Crippen molar-refractivity contribution in [1.29, 1.82) is 0 Å². The third-order valence-corrected chi connectivity index (χ3v) is 7.92. The fourth-order valence-electron chi connectivity index (χ4n) is 5.70. The molecule has 0 unspecified atom stereocenters. The molecule has 0 radical (unpaired) electrons. The van der Waals surface area contributed by atoms with Crippen LogP contribution < -0.4 is 0 Å². The summed E-state index contributed by atoms with van der Waals surface area (Å²) in [4.78, 5) is 4.83.